The first-order valence-corrected chi connectivity index (χ1v) is 7.89. The summed E-state index contributed by atoms with van der Waals surface area (Å²) in [7, 11) is 0. The van der Waals surface area contributed by atoms with Crippen LogP contribution in [0.5, 0.6) is 0 Å². The van der Waals surface area contributed by atoms with E-state index in [4.69, 9.17) is 11.6 Å². The first-order valence-electron chi connectivity index (χ1n) is 7.52. The molecule has 0 saturated carbocycles. The third-order valence-corrected chi connectivity index (χ3v) is 4.09. The maximum atomic E-state index is 13.6. The molecule has 1 aliphatic heterocycles. The minimum atomic E-state index is -0.579. The van der Waals surface area contributed by atoms with Gasteiger partial charge in [-0.2, -0.15) is 0 Å². The van der Waals surface area contributed by atoms with Crippen molar-refractivity contribution in [3.8, 4) is 0 Å². The summed E-state index contributed by atoms with van der Waals surface area (Å²) >= 11 is 5.67. The lowest BCUT2D eigenvalue weighted by Crippen LogP contribution is -2.36. The zero-order valence-electron chi connectivity index (χ0n) is 12.4. The van der Waals surface area contributed by atoms with Crippen LogP contribution in [0.15, 0.2) is 18.2 Å². The van der Waals surface area contributed by atoms with E-state index in [1.165, 1.54) is 25.0 Å². The summed E-state index contributed by atoms with van der Waals surface area (Å²) in [5.74, 6) is -0.197. The monoisotopic (exact) mass is 312 g/mol. The molecular formula is C16H22ClFN2O. The fourth-order valence-electron chi connectivity index (χ4n) is 2.76. The van der Waals surface area contributed by atoms with E-state index >= 15 is 0 Å². The van der Waals surface area contributed by atoms with Crippen molar-refractivity contribution in [2.45, 2.75) is 26.2 Å². The molecule has 1 fully saturated rings. The average molecular weight is 313 g/mol. The van der Waals surface area contributed by atoms with Crippen LogP contribution >= 0.6 is 11.6 Å². The zero-order chi connectivity index (χ0) is 15.2. The van der Waals surface area contributed by atoms with E-state index in [1.807, 2.05) is 0 Å². The smallest absolute Gasteiger partial charge is 0.254 e. The number of rotatable bonds is 5. The molecule has 3 nitrogen and oxygen atoms in total. The Kier molecular flexibility index (Phi) is 6.00. The molecule has 2 rings (SSSR count). The summed E-state index contributed by atoms with van der Waals surface area (Å²) in [6.45, 7) is 6.10. The van der Waals surface area contributed by atoms with Crippen LogP contribution < -0.4 is 5.32 Å². The van der Waals surface area contributed by atoms with E-state index in [1.54, 1.807) is 0 Å². The van der Waals surface area contributed by atoms with Gasteiger partial charge in [-0.1, -0.05) is 18.5 Å². The van der Waals surface area contributed by atoms with Gasteiger partial charge in [0.15, 0.2) is 0 Å². The van der Waals surface area contributed by atoms with Crippen LogP contribution in [0.25, 0.3) is 0 Å². The summed E-state index contributed by atoms with van der Waals surface area (Å²) in [4.78, 5) is 14.3. The topological polar surface area (TPSA) is 32.3 Å². The molecule has 1 heterocycles. The van der Waals surface area contributed by atoms with Gasteiger partial charge in [0.1, 0.15) is 5.82 Å². The van der Waals surface area contributed by atoms with Crippen LogP contribution in [0.3, 0.4) is 0 Å². The molecule has 0 bridgehead atoms. The summed E-state index contributed by atoms with van der Waals surface area (Å²) in [5, 5.41) is 3.06. The molecule has 1 amide bonds. The molecule has 1 N–H and O–H groups in total. The minimum Gasteiger partial charge on any atom is -0.352 e. The molecule has 0 aromatic heterocycles. The lowest BCUT2D eigenvalue weighted by Gasteiger charge is -2.30. The Hall–Kier alpha value is -1.13. The number of carbonyl (C=O) groups is 1. The zero-order valence-corrected chi connectivity index (χ0v) is 13.1. The van der Waals surface area contributed by atoms with Gasteiger partial charge in [-0.05, 0) is 56.5 Å². The highest BCUT2D eigenvalue weighted by molar-refractivity contribution is 6.30. The molecule has 0 unspecified atom stereocenters. The van der Waals surface area contributed by atoms with Gasteiger partial charge < -0.3 is 10.2 Å². The number of likely N-dealkylation sites (tertiary alicyclic amines) is 1. The van der Waals surface area contributed by atoms with Crippen LogP contribution in [0.1, 0.15) is 36.5 Å². The van der Waals surface area contributed by atoms with Crippen molar-refractivity contribution in [1.29, 1.82) is 0 Å². The van der Waals surface area contributed by atoms with E-state index in [0.29, 0.717) is 11.6 Å². The van der Waals surface area contributed by atoms with Gasteiger partial charge in [-0.3, -0.25) is 4.79 Å². The first kappa shape index (κ1) is 16.2. The number of piperidine rings is 1. The number of hydrogen-bond acceptors (Lipinski definition) is 2. The Morgan fingerprint density at radius 1 is 1.52 bits per heavy atom. The molecule has 1 aliphatic rings. The van der Waals surface area contributed by atoms with Gasteiger partial charge in [0.25, 0.3) is 5.91 Å². The predicted octanol–water partition coefficient (Wildman–Crippen LogP) is 3.33. The van der Waals surface area contributed by atoms with E-state index in [-0.39, 0.29) is 11.5 Å². The molecule has 1 atom stereocenters. The second-order valence-electron chi connectivity index (χ2n) is 5.78. The molecule has 0 spiro atoms. The Balaban J connectivity index is 1.72. The predicted molar refractivity (Wildman–Crippen MR) is 83.2 cm³/mol. The fraction of sp³-hybridized carbons (Fsp3) is 0.562. The molecule has 1 aromatic rings. The number of amides is 1. The minimum absolute atomic E-state index is 0.0472. The third-order valence-electron chi connectivity index (χ3n) is 3.85. The largest absolute Gasteiger partial charge is 0.352 e. The molecule has 21 heavy (non-hydrogen) atoms. The Morgan fingerprint density at radius 2 is 2.33 bits per heavy atom. The lowest BCUT2D eigenvalue weighted by atomic mass is 10.0. The molecule has 116 valence electrons. The Bertz CT molecular complexity index is 495. The van der Waals surface area contributed by atoms with Crippen molar-refractivity contribution in [3.05, 3.63) is 34.6 Å². The quantitative estimate of drug-likeness (QED) is 0.846. The first-order chi connectivity index (χ1) is 10.1. The summed E-state index contributed by atoms with van der Waals surface area (Å²) in [6, 6.07) is 4.10. The maximum absolute atomic E-state index is 13.6. The number of nitrogens with zero attached hydrogens (tertiary/aromatic N) is 1. The molecule has 0 aliphatic carbocycles. The van der Waals surface area contributed by atoms with Crippen molar-refractivity contribution in [1.82, 2.24) is 10.2 Å². The highest BCUT2D eigenvalue weighted by Crippen LogP contribution is 2.16. The highest BCUT2D eigenvalue weighted by Gasteiger charge is 2.16. The van der Waals surface area contributed by atoms with Crippen molar-refractivity contribution >= 4 is 17.5 Å². The highest BCUT2D eigenvalue weighted by atomic mass is 35.5. The standard InChI is InChI=1S/C16H22ClFN2O/c1-12-4-2-8-20(11-12)9-3-7-19-16(21)14-6-5-13(17)10-15(14)18/h5-6,10,12H,2-4,7-9,11H2,1H3,(H,19,21)/t12-/m0/s1. The van der Waals surface area contributed by atoms with Crippen LogP contribution in [0.2, 0.25) is 5.02 Å². The molecular weight excluding hydrogens is 291 g/mol. The molecule has 1 saturated heterocycles. The SMILES string of the molecule is C[C@H]1CCCN(CCCNC(=O)c2ccc(Cl)cc2F)C1. The van der Waals surface area contributed by atoms with Crippen molar-refractivity contribution in [2.75, 3.05) is 26.2 Å². The number of halogens is 2. The molecule has 0 radical (unpaired) electrons. The number of carbonyl (C=O) groups excluding carboxylic acids is 1. The number of nitrogens with one attached hydrogen (secondary N) is 1. The van der Waals surface area contributed by atoms with Crippen molar-refractivity contribution < 1.29 is 9.18 Å². The van der Waals surface area contributed by atoms with Gasteiger partial charge >= 0.3 is 0 Å². The average Bonchev–Trinajstić information content (AvgIpc) is 2.43. The molecule has 5 heteroatoms. The van der Waals surface area contributed by atoms with Gasteiger partial charge in [0.2, 0.25) is 0 Å². The molecule has 1 aromatic carbocycles. The second kappa shape index (κ2) is 7.76. The Morgan fingerprint density at radius 3 is 3.05 bits per heavy atom. The van der Waals surface area contributed by atoms with Crippen LogP contribution in [-0.4, -0.2) is 37.0 Å². The van der Waals surface area contributed by atoms with Crippen LogP contribution in [0, 0.1) is 11.7 Å². The van der Waals surface area contributed by atoms with Gasteiger partial charge in [-0.15, -0.1) is 0 Å². The fourth-order valence-corrected chi connectivity index (χ4v) is 2.92. The third kappa shape index (κ3) is 4.97. The summed E-state index contributed by atoms with van der Waals surface area (Å²) < 4.78 is 13.6. The van der Waals surface area contributed by atoms with Crippen molar-refractivity contribution in [2.24, 2.45) is 5.92 Å². The van der Waals surface area contributed by atoms with Crippen LogP contribution in [-0.2, 0) is 0 Å². The van der Waals surface area contributed by atoms with E-state index in [0.717, 1.165) is 38.0 Å². The van der Waals surface area contributed by atoms with E-state index < -0.39 is 5.82 Å². The number of benzene rings is 1. The van der Waals surface area contributed by atoms with Crippen molar-refractivity contribution in [3.63, 3.8) is 0 Å². The summed E-state index contributed by atoms with van der Waals surface area (Å²) in [6.07, 6.45) is 3.44. The second-order valence-corrected chi connectivity index (χ2v) is 6.22. The van der Waals surface area contributed by atoms with E-state index in [9.17, 15) is 9.18 Å². The Labute approximate surface area is 130 Å². The van der Waals surface area contributed by atoms with Gasteiger partial charge in [-0.25, -0.2) is 4.39 Å². The van der Waals surface area contributed by atoms with E-state index in [2.05, 4.69) is 17.1 Å². The maximum Gasteiger partial charge on any atom is 0.254 e. The number of hydrogen-bond donors (Lipinski definition) is 1. The summed E-state index contributed by atoms with van der Waals surface area (Å²) in [5.41, 5.74) is 0.0472. The normalized spacial score (nSPS) is 19.5. The lowest BCUT2D eigenvalue weighted by molar-refractivity contribution is 0.0946. The van der Waals surface area contributed by atoms with Crippen LogP contribution in [0.4, 0.5) is 4.39 Å². The van der Waals surface area contributed by atoms with Gasteiger partial charge in [0, 0.05) is 18.1 Å². The van der Waals surface area contributed by atoms with Gasteiger partial charge in [0.05, 0.1) is 5.56 Å².